The summed E-state index contributed by atoms with van der Waals surface area (Å²) in [6, 6.07) is 10.6. The minimum absolute atomic E-state index is 0.112. The number of hydrogen-bond donors (Lipinski definition) is 0. The summed E-state index contributed by atoms with van der Waals surface area (Å²) in [5.74, 6) is 0.557. The minimum atomic E-state index is 0.112. The third kappa shape index (κ3) is 3.18. The van der Waals surface area contributed by atoms with E-state index in [2.05, 4.69) is 34.2 Å². The van der Waals surface area contributed by atoms with Gasteiger partial charge in [-0.2, -0.15) is 0 Å². The van der Waals surface area contributed by atoms with Crippen molar-refractivity contribution in [1.29, 1.82) is 0 Å². The summed E-state index contributed by atoms with van der Waals surface area (Å²) in [4.78, 5) is 21.8. The number of amides is 2. The van der Waals surface area contributed by atoms with Crippen molar-refractivity contribution in [2.45, 2.75) is 44.2 Å². The molecular weight excluding hydrogens is 386 g/mol. The highest BCUT2D eigenvalue weighted by Gasteiger charge is 2.42. The Morgan fingerprint density at radius 3 is 2.97 bits per heavy atom. The van der Waals surface area contributed by atoms with Crippen LogP contribution in [0.2, 0.25) is 5.02 Å². The molecule has 1 aromatic heterocycles. The van der Waals surface area contributed by atoms with Crippen LogP contribution >= 0.6 is 11.6 Å². The first-order valence-corrected chi connectivity index (χ1v) is 10.6. The Kier molecular flexibility index (Phi) is 4.70. The summed E-state index contributed by atoms with van der Waals surface area (Å²) in [5.41, 5.74) is 4.49. The highest BCUT2D eigenvalue weighted by Crippen LogP contribution is 2.42. The van der Waals surface area contributed by atoms with E-state index in [-0.39, 0.29) is 18.1 Å². The van der Waals surface area contributed by atoms with Crippen LogP contribution in [-0.4, -0.2) is 41.7 Å². The highest BCUT2D eigenvalue weighted by atomic mass is 35.5. The van der Waals surface area contributed by atoms with Gasteiger partial charge in [0.15, 0.2) is 0 Å². The average molecular weight is 410 g/mol. The summed E-state index contributed by atoms with van der Waals surface area (Å²) in [6.07, 6.45) is 8.74. The molecule has 2 atom stereocenters. The van der Waals surface area contributed by atoms with E-state index in [1.54, 1.807) is 13.3 Å². The zero-order chi connectivity index (χ0) is 20.0. The molecule has 0 saturated carbocycles. The van der Waals surface area contributed by atoms with Crippen LogP contribution in [0.15, 0.2) is 42.6 Å². The Morgan fingerprint density at radius 1 is 1.28 bits per heavy atom. The first-order valence-electron chi connectivity index (χ1n) is 10.2. The van der Waals surface area contributed by atoms with Gasteiger partial charge in [0.2, 0.25) is 5.88 Å². The van der Waals surface area contributed by atoms with Crippen LogP contribution in [0.5, 0.6) is 5.88 Å². The number of carbonyl (C=O) groups excluding carboxylic acids is 1. The van der Waals surface area contributed by atoms with Crippen molar-refractivity contribution < 1.29 is 9.53 Å². The van der Waals surface area contributed by atoms with E-state index in [0.717, 1.165) is 49.9 Å². The zero-order valence-corrected chi connectivity index (χ0v) is 17.2. The van der Waals surface area contributed by atoms with Crippen molar-refractivity contribution in [1.82, 2.24) is 9.88 Å². The third-order valence-corrected chi connectivity index (χ3v) is 6.64. The Hall–Kier alpha value is -2.53. The molecule has 3 aliphatic heterocycles. The molecule has 2 bridgehead atoms. The average Bonchev–Trinajstić information content (AvgIpc) is 3.02. The van der Waals surface area contributed by atoms with Crippen LogP contribution in [0.25, 0.3) is 5.57 Å². The molecule has 2 amide bonds. The summed E-state index contributed by atoms with van der Waals surface area (Å²) in [7, 11) is 1.61. The fourth-order valence-electron chi connectivity index (χ4n) is 4.98. The molecule has 0 N–H and O–H groups in total. The predicted molar refractivity (Wildman–Crippen MR) is 115 cm³/mol. The van der Waals surface area contributed by atoms with Gasteiger partial charge in [-0.1, -0.05) is 35.9 Å². The molecule has 6 heteroatoms. The molecule has 2 aromatic rings. The lowest BCUT2D eigenvalue weighted by Crippen LogP contribution is -2.51. The maximum absolute atomic E-state index is 13.6. The van der Waals surface area contributed by atoms with Crippen LogP contribution in [0.4, 0.5) is 10.5 Å². The van der Waals surface area contributed by atoms with E-state index in [1.807, 2.05) is 17.0 Å². The second-order valence-corrected chi connectivity index (χ2v) is 8.38. The number of aryl methyl sites for hydroxylation is 1. The number of methoxy groups -OCH3 is 1. The summed E-state index contributed by atoms with van der Waals surface area (Å²) < 4.78 is 5.27. The number of aromatic nitrogens is 1. The number of pyridine rings is 1. The molecular formula is C23H24ClN3O2. The van der Waals surface area contributed by atoms with E-state index in [0.29, 0.717) is 10.9 Å². The summed E-state index contributed by atoms with van der Waals surface area (Å²) in [5, 5.41) is 0.626. The molecule has 3 aliphatic rings. The van der Waals surface area contributed by atoms with Crippen molar-refractivity contribution in [3.63, 3.8) is 0 Å². The largest absolute Gasteiger partial charge is 0.481 e. The SMILES string of the molecule is COc1cc(C2=CC3CCC(C2)N3C(=O)N2CCCc3ccccc32)c(Cl)cn1. The van der Waals surface area contributed by atoms with Gasteiger partial charge in [-0.3, -0.25) is 4.90 Å². The van der Waals surface area contributed by atoms with E-state index >= 15 is 0 Å². The molecule has 0 aliphatic carbocycles. The van der Waals surface area contributed by atoms with Crippen molar-refractivity contribution in [2.24, 2.45) is 0 Å². The number of nitrogens with zero attached hydrogens (tertiary/aromatic N) is 3. The lowest BCUT2D eigenvalue weighted by Gasteiger charge is -2.39. The van der Waals surface area contributed by atoms with Crippen LogP contribution < -0.4 is 9.64 Å². The molecule has 4 heterocycles. The third-order valence-electron chi connectivity index (χ3n) is 6.34. The number of rotatable bonds is 2. The van der Waals surface area contributed by atoms with Crippen LogP contribution in [0.3, 0.4) is 0 Å². The Balaban J connectivity index is 1.44. The molecule has 1 fully saturated rings. The number of urea groups is 1. The zero-order valence-electron chi connectivity index (χ0n) is 16.5. The number of halogens is 1. The van der Waals surface area contributed by atoms with E-state index in [4.69, 9.17) is 16.3 Å². The van der Waals surface area contributed by atoms with Gasteiger partial charge in [0.1, 0.15) is 0 Å². The van der Waals surface area contributed by atoms with Gasteiger partial charge in [0.25, 0.3) is 0 Å². The second-order valence-electron chi connectivity index (χ2n) is 7.97. The van der Waals surface area contributed by atoms with Crippen LogP contribution in [-0.2, 0) is 6.42 Å². The monoisotopic (exact) mass is 409 g/mol. The topological polar surface area (TPSA) is 45.7 Å². The van der Waals surface area contributed by atoms with Gasteiger partial charge in [-0.25, -0.2) is 9.78 Å². The first-order chi connectivity index (χ1) is 14.2. The van der Waals surface area contributed by atoms with Gasteiger partial charge in [0, 0.05) is 29.9 Å². The quantitative estimate of drug-likeness (QED) is 0.706. The molecule has 1 aromatic carbocycles. The predicted octanol–water partition coefficient (Wildman–Crippen LogP) is 4.94. The van der Waals surface area contributed by atoms with Crippen molar-refractivity contribution in [3.05, 3.63) is 58.8 Å². The van der Waals surface area contributed by atoms with Gasteiger partial charge in [0.05, 0.1) is 24.4 Å². The fourth-order valence-corrected chi connectivity index (χ4v) is 5.20. The molecule has 5 nitrogen and oxygen atoms in total. The lowest BCUT2D eigenvalue weighted by atomic mass is 9.95. The molecule has 5 rings (SSSR count). The molecule has 2 unspecified atom stereocenters. The standard InChI is InChI=1S/C23H24ClN3O2/c1-29-22-13-19(20(24)14-25-22)16-11-17-8-9-18(12-16)27(17)23(28)26-10-4-6-15-5-2-3-7-21(15)26/h2-3,5,7,11,13-14,17-18H,4,6,8-10,12H2,1H3. The number of anilines is 1. The Labute approximate surface area is 175 Å². The first kappa shape index (κ1) is 18.5. The number of benzene rings is 1. The number of hydrogen-bond acceptors (Lipinski definition) is 3. The maximum Gasteiger partial charge on any atom is 0.325 e. The molecule has 29 heavy (non-hydrogen) atoms. The van der Waals surface area contributed by atoms with Gasteiger partial charge < -0.3 is 9.64 Å². The van der Waals surface area contributed by atoms with Crippen LogP contribution in [0, 0.1) is 0 Å². The Morgan fingerprint density at radius 2 is 2.14 bits per heavy atom. The van der Waals surface area contributed by atoms with Gasteiger partial charge in [-0.15, -0.1) is 0 Å². The minimum Gasteiger partial charge on any atom is -0.481 e. The highest BCUT2D eigenvalue weighted by molar-refractivity contribution is 6.32. The molecule has 150 valence electrons. The van der Waals surface area contributed by atoms with Gasteiger partial charge in [-0.05, 0) is 49.3 Å². The lowest BCUT2D eigenvalue weighted by molar-refractivity contribution is 0.186. The Bertz CT molecular complexity index is 990. The van der Waals surface area contributed by atoms with Crippen molar-refractivity contribution in [3.8, 4) is 5.88 Å². The van der Waals surface area contributed by atoms with E-state index < -0.39 is 0 Å². The number of carbonyl (C=O) groups is 1. The van der Waals surface area contributed by atoms with Crippen molar-refractivity contribution >= 4 is 28.9 Å². The molecule has 1 saturated heterocycles. The van der Waals surface area contributed by atoms with Crippen molar-refractivity contribution in [2.75, 3.05) is 18.6 Å². The number of ether oxygens (including phenoxy) is 1. The molecule has 0 spiro atoms. The van der Waals surface area contributed by atoms with Crippen LogP contribution in [0.1, 0.15) is 36.8 Å². The summed E-state index contributed by atoms with van der Waals surface area (Å²) >= 11 is 6.43. The summed E-state index contributed by atoms with van der Waals surface area (Å²) in [6.45, 7) is 0.787. The van der Waals surface area contributed by atoms with E-state index in [1.165, 1.54) is 11.1 Å². The van der Waals surface area contributed by atoms with E-state index in [9.17, 15) is 4.79 Å². The van der Waals surface area contributed by atoms with Gasteiger partial charge >= 0.3 is 6.03 Å². The molecule has 0 radical (unpaired) electrons. The number of para-hydroxylation sites is 1. The normalized spacial score (nSPS) is 22.9. The second kappa shape index (κ2) is 7.38. The number of fused-ring (bicyclic) bond motifs is 3. The smallest absolute Gasteiger partial charge is 0.325 e. The fraction of sp³-hybridized carbons (Fsp3) is 0.391. The maximum atomic E-state index is 13.6.